The Morgan fingerprint density at radius 3 is 2.31 bits per heavy atom. The summed E-state index contributed by atoms with van der Waals surface area (Å²) in [6.07, 6.45) is 1.38. The Hall–Kier alpha value is -2.58. The van der Waals surface area contributed by atoms with Gasteiger partial charge in [-0.05, 0) is 55.1 Å². The van der Waals surface area contributed by atoms with Gasteiger partial charge in [-0.25, -0.2) is 16.8 Å². The summed E-state index contributed by atoms with van der Waals surface area (Å²) in [5, 5.41) is 23.5. The van der Waals surface area contributed by atoms with Gasteiger partial charge in [-0.1, -0.05) is 6.07 Å². The van der Waals surface area contributed by atoms with Gasteiger partial charge < -0.3 is 25.0 Å². The fraction of sp³-hybridized carbons (Fsp3) is 0.478. The van der Waals surface area contributed by atoms with E-state index in [9.17, 15) is 27.0 Å². The van der Waals surface area contributed by atoms with Crippen molar-refractivity contribution in [3.8, 4) is 17.2 Å². The van der Waals surface area contributed by atoms with E-state index < -0.39 is 26.2 Å². The van der Waals surface area contributed by atoms with Crippen LogP contribution in [0.25, 0.3) is 0 Å². The number of benzene rings is 2. The minimum atomic E-state index is -3.67. The zero-order valence-corrected chi connectivity index (χ0v) is 22.1. The summed E-state index contributed by atoms with van der Waals surface area (Å²) in [7, 11) is -4.30. The molecule has 1 heterocycles. The van der Waals surface area contributed by atoms with E-state index in [0.717, 1.165) is 6.26 Å². The number of phenols is 1. The number of hydrogen-bond acceptors (Lipinski definition) is 9. The molecule has 1 fully saturated rings. The van der Waals surface area contributed by atoms with Crippen LogP contribution in [0.4, 0.5) is 5.69 Å². The maximum atomic E-state index is 13.1. The van der Waals surface area contributed by atoms with E-state index in [0.29, 0.717) is 49.5 Å². The predicted molar refractivity (Wildman–Crippen MR) is 135 cm³/mol. The first-order valence-corrected chi connectivity index (χ1v) is 14.7. The molecule has 0 unspecified atom stereocenters. The molecule has 0 spiro atoms. The quantitative estimate of drug-likeness (QED) is 0.309. The second kappa shape index (κ2) is 11.6. The van der Waals surface area contributed by atoms with Crippen LogP contribution in [0.1, 0.15) is 24.5 Å². The molecule has 0 aromatic heterocycles. The number of methoxy groups -OCH3 is 2. The molecule has 11 nitrogen and oxygen atoms in total. The number of phenolic OH excluding ortho intramolecular Hbond substituents is 1. The lowest BCUT2D eigenvalue weighted by Crippen LogP contribution is -2.41. The number of hydrogen-bond donors (Lipinski definition) is 4. The van der Waals surface area contributed by atoms with Gasteiger partial charge in [0.05, 0.1) is 37.2 Å². The van der Waals surface area contributed by atoms with Crippen LogP contribution >= 0.6 is 0 Å². The van der Waals surface area contributed by atoms with Crippen LogP contribution in [0, 0.1) is 5.92 Å². The third-order valence-electron chi connectivity index (χ3n) is 6.04. The van der Waals surface area contributed by atoms with E-state index in [4.69, 9.17) is 9.47 Å². The lowest BCUT2D eigenvalue weighted by atomic mass is 9.98. The van der Waals surface area contributed by atoms with E-state index in [2.05, 4.69) is 10.0 Å². The molecule has 1 aliphatic rings. The molecule has 1 saturated heterocycles. The average Bonchev–Trinajstić information content (AvgIpc) is 2.84. The zero-order chi connectivity index (χ0) is 26.5. The maximum Gasteiger partial charge on any atom is 0.243 e. The van der Waals surface area contributed by atoms with E-state index in [1.54, 1.807) is 6.07 Å². The second-order valence-electron chi connectivity index (χ2n) is 8.69. The van der Waals surface area contributed by atoms with Crippen molar-refractivity contribution in [2.75, 3.05) is 51.4 Å². The number of ether oxygens (including phenoxy) is 2. The highest BCUT2D eigenvalue weighted by molar-refractivity contribution is 7.92. The Labute approximate surface area is 212 Å². The van der Waals surface area contributed by atoms with Crippen LogP contribution in [0.2, 0.25) is 0 Å². The molecule has 2 aromatic rings. The Kier molecular flexibility index (Phi) is 9.06. The number of nitrogens with one attached hydrogen (secondary N) is 2. The van der Waals surface area contributed by atoms with Crippen LogP contribution in [0.15, 0.2) is 41.3 Å². The van der Waals surface area contributed by atoms with Crippen molar-refractivity contribution in [1.82, 2.24) is 9.62 Å². The standard InChI is InChI=1S/C23H33N3O8S2/c1-33-22-7-5-18(13-23(22)34-2)36(31,32)26-10-8-16(9-11-26)14-24-15-21(28)17-4-6-20(27)19(12-17)25-35(3,29)30/h4-7,12-13,16,21,24-25,27-28H,8-11,14-15H2,1-3H3/t21-/m0/s1. The van der Waals surface area contributed by atoms with Crippen molar-refractivity contribution in [3.63, 3.8) is 0 Å². The van der Waals surface area contributed by atoms with E-state index >= 15 is 0 Å². The Morgan fingerprint density at radius 1 is 1.03 bits per heavy atom. The molecule has 0 saturated carbocycles. The Bertz CT molecular complexity index is 1260. The fourth-order valence-corrected chi connectivity index (χ4v) is 6.11. The molecule has 200 valence electrons. The SMILES string of the molecule is COc1ccc(S(=O)(=O)N2CCC(CNC[C@H](O)c3ccc(O)c(NS(C)(=O)=O)c3)CC2)cc1OC. The number of sulfonamides is 2. The number of aromatic hydroxyl groups is 1. The highest BCUT2D eigenvalue weighted by Crippen LogP contribution is 2.32. The van der Waals surface area contributed by atoms with Crippen molar-refractivity contribution in [2.24, 2.45) is 5.92 Å². The molecule has 1 aliphatic heterocycles. The molecule has 0 aliphatic carbocycles. The normalized spacial score (nSPS) is 16.4. The summed E-state index contributed by atoms with van der Waals surface area (Å²) in [5.74, 6) is 0.804. The van der Waals surface area contributed by atoms with E-state index in [1.165, 1.54) is 48.9 Å². The maximum absolute atomic E-state index is 13.1. The Balaban J connectivity index is 1.52. The van der Waals surface area contributed by atoms with Gasteiger partial charge in [0, 0.05) is 25.7 Å². The first-order chi connectivity index (χ1) is 16.9. The van der Waals surface area contributed by atoms with Crippen LogP contribution in [0.5, 0.6) is 17.2 Å². The topological polar surface area (TPSA) is 154 Å². The highest BCUT2D eigenvalue weighted by Gasteiger charge is 2.30. The molecule has 4 N–H and O–H groups in total. The van der Waals surface area contributed by atoms with Gasteiger partial charge in [0.2, 0.25) is 20.0 Å². The summed E-state index contributed by atoms with van der Waals surface area (Å²) in [5.41, 5.74) is 0.444. The van der Waals surface area contributed by atoms with Gasteiger partial charge in [0.1, 0.15) is 5.75 Å². The number of nitrogens with zero attached hydrogens (tertiary/aromatic N) is 1. The van der Waals surface area contributed by atoms with E-state index in [-0.39, 0.29) is 28.8 Å². The molecule has 1 atom stereocenters. The average molecular weight is 544 g/mol. The smallest absolute Gasteiger partial charge is 0.243 e. The molecular formula is C23H33N3O8S2. The van der Waals surface area contributed by atoms with Gasteiger partial charge in [0.25, 0.3) is 0 Å². The van der Waals surface area contributed by atoms with Crippen molar-refractivity contribution >= 4 is 25.7 Å². The number of anilines is 1. The molecule has 13 heteroatoms. The molecule has 0 amide bonds. The first kappa shape index (κ1) is 28.0. The highest BCUT2D eigenvalue weighted by atomic mass is 32.2. The van der Waals surface area contributed by atoms with Gasteiger partial charge >= 0.3 is 0 Å². The van der Waals surface area contributed by atoms with Crippen LogP contribution in [0.3, 0.4) is 0 Å². The number of aliphatic hydroxyl groups excluding tert-OH is 1. The second-order valence-corrected chi connectivity index (χ2v) is 12.4. The Morgan fingerprint density at radius 2 is 1.69 bits per heavy atom. The molecular weight excluding hydrogens is 510 g/mol. The van der Waals surface area contributed by atoms with Gasteiger partial charge in [-0.3, -0.25) is 4.72 Å². The third-order valence-corrected chi connectivity index (χ3v) is 8.52. The van der Waals surface area contributed by atoms with Gasteiger partial charge in [0.15, 0.2) is 11.5 Å². The van der Waals surface area contributed by atoms with Gasteiger partial charge in [-0.2, -0.15) is 4.31 Å². The minimum Gasteiger partial charge on any atom is -0.506 e. The number of piperidine rings is 1. The summed E-state index contributed by atoms with van der Waals surface area (Å²) in [4.78, 5) is 0.151. The zero-order valence-electron chi connectivity index (χ0n) is 20.5. The summed E-state index contributed by atoms with van der Waals surface area (Å²) >= 11 is 0. The first-order valence-electron chi connectivity index (χ1n) is 11.4. The van der Waals surface area contributed by atoms with E-state index in [1.807, 2.05) is 0 Å². The molecule has 0 bridgehead atoms. The van der Waals surface area contributed by atoms with Crippen molar-refractivity contribution in [3.05, 3.63) is 42.0 Å². The lowest BCUT2D eigenvalue weighted by molar-refractivity contribution is 0.169. The summed E-state index contributed by atoms with van der Waals surface area (Å²) in [6.45, 7) is 1.56. The van der Waals surface area contributed by atoms with Crippen LogP contribution in [-0.4, -0.2) is 78.0 Å². The minimum absolute atomic E-state index is 0.00267. The molecule has 0 radical (unpaired) electrons. The largest absolute Gasteiger partial charge is 0.506 e. The fourth-order valence-electron chi connectivity index (χ4n) is 4.06. The summed E-state index contributed by atoms with van der Waals surface area (Å²) in [6, 6.07) is 8.77. The molecule has 2 aromatic carbocycles. The number of aliphatic hydroxyl groups is 1. The van der Waals surface area contributed by atoms with Crippen LogP contribution < -0.4 is 19.5 Å². The van der Waals surface area contributed by atoms with Crippen molar-refractivity contribution in [1.29, 1.82) is 0 Å². The third kappa shape index (κ3) is 7.01. The van der Waals surface area contributed by atoms with Crippen molar-refractivity contribution < 1.29 is 36.5 Å². The predicted octanol–water partition coefficient (Wildman–Crippen LogP) is 1.50. The van der Waals surface area contributed by atoms with Crippen molar-refractivity contribution in [2.45, 2.75) is 23.8 Å². The summed E-state index contributed by atoms with van der Waals surface area (Å²) < 4.78 is 63.2. The van der Waals surface area contributed by atoms with Gasteiger partial charge in [-0.15, -0.1) is 0 Å². The van der Waals surface area contributed by atoms with Crippen LogP contribution in [-0.2, 0) is 20.0 Å². The monoisotopic (exact) mass is 543 g/mol. The molecule has 36 heavy (non-hydrogen) atoms. The lowest BCUT2D eigenvalue weighted by Gasteiger charge is -2.31. The molecule has 3 rings (SSSR count). The number of rotatable bonds is 11.